The van der Waals surface area contributed by atoms with E-state index < -0.39 is 5.97 Å². The summed E-state index contributed by atoms with van der Waals surface area (Å²) in [5.74, 6) is 0.519. The highest BCUT2D eigenvalue weighted by atomic mass is 16.5. The van der Waals surface area contributed by atoms with Crippen molar-refractivity contribution in [3.8, 4) is 11.5 Å². The van der Waals surface area contributed by atoms with Crippen LogP contribution in [-0.2, 0) is 22.7 Å². The van der Waals surface area contributed by atoms with Gasteiger partial charge in [-0.3, -0.25) is 0 Å². The smallest absolute Gasteiger partial charge is 0.331 e. The molecule has 0 saturated carbocycles. The number of carbonyl (C=O) groups excluding carboxylic acids is 1. The van der Waals surface area contributed by atoms with Gasteiger partial charge in [-0.05, 0) is 23.8 Å². The van der Waals surface area contributed by atoms with E-state index >= 15 is 0 Å². The first-order valence-electron chi connectivity index (χ1n) is 8.54. The maximum Gasteiger partial charge on any atom is 0.331 e. The molecule has 8 heteroatoms. The fraction of sp³-hybridized carbons (Fsp3) is 0.100. The standard InChI is InChI=1S/C20H16N4O4/c25-20(27-14-17-11-19(28-22-17)18-7-4-10-26-18)9-8-16-13-24(23-21-16)12-15-5-2-1-3-6-15/h1-11,13H,12,14H2/b9-8+. The van der Waals surface area contributed by atoms with Crippen molar-refractivity contribution in [3.63, 3.8) is 0 Å². The van der Waals surface area contributed by atoms with Crippen LogP contribution in [0.2, 0.25) is 0 Å². The fourth-order valence-corrected chi connectivity index (χ4v) is 2.50. The summed E-state index contributed by atoms with van der Waals surface area (Å²) in [6, 6.07) is 15.1. The van der Waals surface area contributed by atoms with Gasteiger partial charge in [-0.25, -0.2) is 9.48 Å². The molecular weight excluding hydrogens is 360 g/mol. The van der Waals surface area contributed by atoms with Gasteiger partial charge in [-0.15, -0.1) is 5.10 Å². The van der Waals surface area contributed by atoms with Gasteiger partial charge in [0.2, 0.25) is 5.76 Å². The lowest BCUT2D eigenvalue weighted by atomic mass is 10.2. The maximum atomic E-state index is 11.9. The molecular formula is C20H16N4O4. The molecule has 0 unspecified atom stereocenters. The fourth-order valence-electron chi connectivity index (χ4n) is 2.50. The third-order valence-electron chi connectivity index (χ3n) is 3.82. The van der Waals surface area contributed by atoms with Crippen LogP contribution in [0.3, 0.4) is 0 Å². The van der Waals surface area contributed by atoms with Crippen molar-refractivity contribution >= 4 is 12.0 Å². The van der Waals surface area contributed by atoms with Crippen LogP contribution < -0.4 is 0 Å². The van der Waals surface area contributed by atoms with Gasteiger partial charge in [0.05, 0.1) is 19.0 Å². The summed E-state index contributed by atoms with van der Waals surface area (Å²) in [5, 5.41) is 11.9. The van der Waals surface area contributed by atoms with Crippen LogP contribution in [0.5, 0.6) is 0 Å². The van der Waals surface area contributed by atoms with E-state index in [4.69, 9.17) is 13.7 Å². The molecule has 0 spiro atoms. The normalized spacial score (nSPS) is 11.1. The molecule has 0 aliphatic rings. The zero-order valence-electron chi connectivity index (χ0n) is 14.8. The zero-order valence-corrected chi connectivity index (χ0v) is 14.8. The van der Waals surface area contributed by atoms with E-state index in [2.05, 4.69) is 15.5 Å². The van der Waals surface area contributed by atoms with Crippen molar-refractivity contribution in [1.82, 2.24) is 20.2 Å². The van der Waals surface area contributed by atoms with Gasteiger partial charge < -0.3 is 13.7 Å². The van der Waals surface area contributed by atoms with Gasteiger partial charge in [-0.2, -0.15) is 0 Å². The number of benzene rings is 1. The molecule has 4 aromatic rings. The van der Waals surface area contributed by atoms with Crippen molar-refractivity contribution in [1.29, 1.82) is 0 Å². The van der Waals surface area contributed by atoms with Crippen LogP contribution in [0.25, 0.3) is 17.6 Å². The molecule has 0 fully saturated rings. The number of rotatable bonds is 7. The summed E-state index contributed by atoms with van der Waals surface area (Å²) in [6.07, 6.45) is 6.14. The minimum absolute atomic E-state index is 0.00587. The third kappa shape index (κ3) is 4.42. The summed E-state index contributed by atoms with van der Waals surface area (Å²) in [4.78, 5) is 11.9. The Hall–Kier alpha value is -3.94. The van der Waals surface area contributed by atoms with Crippen molar-refractivity contribution in [3.05, 3.63) is 84.0 Å². The highest BCUT2D eigenvalue weighted by molar-refractivity contribution is 5.86. The van der Waals surface area contributed by atoms with Gasteiger partial charge in [0.1, 0.15) is 18.0 Å². The molecule has 0 amide bonds. The van der Waals surface area contributed by atoms with Crippen LogP contribution in [0, 0.1) is 0 Å². The summed E-state index contributed by atoms with van der Waals surface area (Å²) < 4.78 is 17.2. The summed E-state index contributed by atoms with van der Waals surface area (Å²) in [7, 11) is 0. The molecule has 4 rings (SSSR count). The predicted octanol–water partition coefficient (Wildman–Crippen LogP) is 3.33. The van der Waals surface area contributed by atoms with E-state index in [0.29, 0.717) is 29.5 Å². The Morgan fingerprint density at radius 2 is 2.04 bits per heavy atom. The summed E-state index contributed by atoms with van der Waals surface area (Å²) >= 11 is 0. The Morgan fingerprint density at radius 3 is 2.86 bits per heavy atom. The van der Waals surface area contributed by atoms with Gasteiger partial charge in [0.15, 0.2) is 5.76 Å². The van der Waals surface area contributed by atoms with E-state index in [1.54, 1.807) is 41.4 Å². The first-order chi connectivity index (χ1) is 13.8. The topological polar surface area (TPSA) is 96.2 Å². The third-order valence-corrected chi connectivity index (χ3v) is 3.82. The Bertz CT molecular complexity index is 1060. The van der Waals surface area contributed by atoms with Crippen LogP contribution >= 0.6 is 0 Å². The Morgan fingerprint density at radius 1 is 1.14 bits per heavy atom. The van der Waals surface area contributed by atoms with E-state index in [0.717, 1.165) is 5.56 Å². The number of hydrogen-bond acceptors (Lipinski definition) is 7. The lowest BCUT2D eigenvalue weighted by Crippen LogP contribution is -2.00. The first-order valence-corrected chi connectivity index (χ1v) is 8.54. The van der Waals surface area contributed by atoms with Gasteiger partial charge in [0, 0.05) is 12.1 Å². The Balaban J connectivity index is 1.28. The van der Waals surface area contributed by atoms with E-state index in [9.17, 15) is 4.79 Å². The average Bonchev–Trinajstić information content (AvgIpc) is 3.47. The number of ether oxygens (including phenoxy) is 1. The number of esters is 1. The molecule has 1 aromatic carbocycles. The molecule has 0 N–H and O–H groups in total. The number of furan rings is 1. The van der Waals surface area contributed by atoms with Crippen LogP contribution in [-0.4, -0.2) is 26.1 Å². The van der Waals surface area contributed by atoms with Crippen LogP contribution in [0.4, 0.5) is 0 Å². The second-order valence-electron chi connectivity index (χ2n) is 5.93. The molecule has 0 aliphatic carbocycles. The molecule has 0 radical (unpaired) electrons. The Kier molecular flexibility index (Phi) is 5.10. The molecule has 28 heavy (non-hydrogen) atoms. The molecule has 0 saturated heterocycles. The van der Waals surface area contributed by atoms with E-state index in [1.807, 2.05) is 30.3 Å². The lowest BCUT2D eigenvalue weighted by Gasteiger charge is -1.99. The summed E-state index contributed by atoms with van der Waals surface area (Å²) in [5.41, 5.74) is 2.17. The molecule has 3 heterocycles. The monoisotopic (exact) mass is 376 g/mol. The lowest BCUT2D eigenvalue weighted by molar-refractivity contribution is -0.139. The minimum Gasteiger partial charge on any atom is -0.461 e. The minimum atomic E-state index is -0.514. The largest absolute Gasteiger partial charge is 0.461 e. The molecule has 140 valence electrons. The predicted molar refractivity (Wildman–Crippen MR) is 98.6 cm³/mol. The average molecular weight is 376 g/mol. The van der Waals surface area contributed by atoms with Crippen molar-refractivity contribution in [2.24, 2.45) is 0 Å². The number of carbonyl (C=O) groups is 1. The van der Waals surface area contributed by atoms with Crippen molar-refractivity contribution in [2.45, 2.75) is 13.2 Å². The second kappa shape index (κ2) is 8.17. The van der Waals surface area contributed by atoms with E-state index in [1.165, 1.54) is 6.08 Å². The van der Waals surface area contributed by atoms with Crippen LogP contribution in [0.15, 0.2) is 76.0 Å². The first kappa shape index (κ1) is 17.5. The SMILES string of the molecule is O=C(/C=C/c1cn(Cc2ccccc2)nn1)OCc1cc(-c2ccco2)on1. The molecule has 0 atom stereocenters. The summed E-state index contributed by atoms with van der Waals surface area (Å²) in [6.45, 7) is 0.602. The molecule has 8 nitrogen and oxygen atoms in total. The number of aromatic nitrogens is 4. The molecule has 3 aromatic heterocycles. The quantitative estimate of drug-likeness (QED) is 0.360. The maximum absolute atomic E-state index is 11.9. The highest BCUT2D eigenvalue weighted by Gasteiger charge is 2.10. The van der Waals surface area contributed by atoms with Crippen molar-refractivity contribution < 1.29 is 18.5 Å². The number of hydrogen-bond donors (Lipinski definition) is 0. The van der Waals surface area contributed by atoms with Gasteiger partial charge in [0.25, 0.3) is 0 Å². The number of nitrogens with zero attached hydrogens (tertiary/aromatic N) is 4. The zero-order chi connectivity index (χ0) is 19.2. The molecule has 0 aliphatic heterocycles. The molecule has 0 bridgehead atoms. The van der Waals surface area contributed by atoms with E-state index in [-0.39, 0.29) is 6.61 Å². The van der Waals surface area contributed by atoms with Gasteiger partial charge >= 0.3 is 5.97 Å². The highest BCUT2D eigenvalue weighted by Crippen LogP contribution is 2.20. The Labute approximate surface area is 160 Å². The van der Waals surface area contributed by atoms with Crippen molar-refractivity contribution in [2.75, 3.05) is 0 Å². The second-order valence-corrected chi connectivity index (χ2v) is 5.93. The van der Waals surface area contributed by atoms with Crippen LogP contribution in [0.1, 0.15) is 17.0 Å². The van der Waals surface area contributed by atoms with Gasteiger partial charge in [-0.1, -0.05) is 40.7 Å².